The second kappa shape index (κ2) is 8.86. The summed E-state index contributed by atoms with van der Waals surface area (Å²) in [5, 5.41) is 13.2. The summed E-state index contributed by atoms with van der Waals surface area (Å²) in [6, 6.07) is 5.42. The first kappa shape index (κ1) is 20.4. The van der Waals surface area contributed by atoms with E-state index in [-0.39, 0.29) is 12.2 Å². The van der Waals surface area contributed by atoms with Crippen LogP contribution in [0.4, 0.5) is 8.78 Å². The summed E-state index contributed by atoms with van der Waals surface area (Å²) in [4.78, 5) is 15.9. The lowest BCUT2D eigenvalue weighted by molar-refractivity contribution is 0.0701. The monoisotopic (exact) mass is 416 g/mol. The molecule has 3 heterocycles. The fraction of sp³-hybridized carbons (Fsp3) is 0.333. The molecule has 1 amide bonds. The van der Waals surface area contributed by atoms with Gasteiger partial charge in [0, 0.05) is 49.0 Å². The Kier molecular flexibility index (Phi) is 6.03. The molecule has 0 aliphatic carbocycles. The molecular formula is C21H22F2N4O3. The SMILES string of the molecule is O=C(NO)c1cc2c(CNC3CCOCC3)cn(Cc3ccc(F)cc3F)c2cn1. The summed E-state index contributed by atoms with van der Waals surface area (Å²) >= 11 is 0. The van der Waals surface area contributed by atoms with Crippen LogP contribution in [0.15, 0.2) is 36.7 Å². The van der Waals surface area contributed by atoms with Gasteiger partial charge in [-0.05, 0) is 30.5 Å². The summed E-state index contributed by atoms with van der Waals surface area (Å²) in [7, 11) is 0. The maximum absolute atomic E-state index is 14.2. The number of nitrogens with zero attached hydrogens (tertiary/aromatic N) is 2. The molecule has 3 aromatic rings. The van der Waals surface area contributed by atoms with Crippen molar-refractivity contribution in [3.8, 4) is 0 Å². The topological polar surface area (TPSA) is 88.4 Å². The van der Waals surface area contributed by atoms with E-state index in [1.807, 2.05) is 10.8 Å². The van der Waals surface area contributed by atoms with E-state index < -0.39 is 17.5 Å². The minimum Gasteiger partial charge on any atom is -0.381 e. The quantitative estimate of drug-likeness (QED) is 0.425. The molecule has 158 valence electrons. The predicted molar refractivity (Wildman–Crippen MR) is 105 cm³/mol. The van der Waals surface area contributed by atoms with Gasteiger partial charge in [0.15, 0.2) is 0 Å². The zero-order valence-electron chi connectivity index (χ0n) is 16.2. The first-order valence-electron chi connectivity index (χ1n) is 9.72. The van der Waals surface area contributed by atoms with E-state index >= 15 is 0 Å². The molecule has 0 unspecified atom stereocenters. The average molecular weight is 416 g/mol. The highest BCUT2D eigenvalue weighted by molar-refractivity contribution is 5.96. The molecule has 0 radical (unpaired) electrons. The van der Waals surface area contributed by atoms with Crippen LogP contribution in [-0.2, 0) is 17.8 Å². The Labute approximate surface area is 171 Å². The average Bonchev–Trinajstić information content (AvgIpc) is 3.11. The summed E-state index contributed by atoms with van der Waals surface area (Å²) in [5.41, 5.74) is 3.62. The highest BCUT2D eigenvalue weighted by Gasteiger charge is 2.17. The third-order valence-corrected chi connectivity index (χ3v) is 5.34. The number of ether oxygens (including phenoxy) is 1. The van der Waals surface area contributed by atoms with Crippen LogP contribution in [0.25, 0.3) is 10.9 Å². The molecule has 0 bridgehead atoms. The molecule has 1 fully saturated rings. The summed E-state index contributed by atoms with van der Waals surface area (Å²) in [6.45, 7) is 2.17. The van der Waals surface area contributed by atoms with Gasteiger partial charge >= 0.3 is 0 Å². The normalized spacial score (nSPS) is 14.9. The van der Waals surface area contributed by atoms with Crippen molar-refractivity contribution in [3.63, 3.8) is 0 Å². The number of hydroxylamine groups is 1. The summed E-state index contributed by atoms with van der Waals surface area (Å²) in [5.74, 6) is -1.96. The van der Waals surface area contributed by atoms with E-state index in [4.69, 9.17) is 9.94 Å². The van der Waals surface area contributed by atoms with Crippen molar-refractivity contribution in [1.29, 1.82) is 0 Å². The molecule has 4 rings (SSSR count). The number of aromatic nitrogens is 2. The maximum Gasteiger partial charge on any atom is 0.293 e. The van der Waals surface area contributed by atoms with Crippen LogP contribution >= 0.6 is 0 Å². The van der Waals surface area contributed by atoms with E-state index in [2.05, 4.69) is 10.3 Å². The van der Waals surface area contributed by atoms with Crippen molar-refractivity contribution in [1.82, 2.24) is 20.3 Å². The van der Waals surface area contributed by atoms with Gasteiger partial charge in [0.1, 0.15) is 17.3 Å². The largest absolute Gasteiger partial charge is 0.381 e. The highest BCUT2D eigenvalue weighted by Crippen LogP contribution is 2.24. The van der Waals surface area contributed by atoms with Crippen LogP contribution in [0.2, 0.25) is 0 Å². The smallest absolute Gasteiger partial charge is 0.293 e. The Balaban J connectivity index is 1.67. The number of hydrogen-bond acceptors (Lipinski definition) is 5. The molecule has 1 saturated heterocycles. The van der Waals surface area contributed by atoms with Gasteiger partial charge < -0.3 is 14.6 Å². The van der Waals surface area contributed by atoms with Gasteiger partial charge in [0.25, 0.3) is 5.91 Å². The molecule has 1 aromatic carbocycles. The number of amides is 1. The van der Waals surface area contributed by atoms with Crippen LogP contribution in [0.1, 0.15) is 34.5 Å². The molecule has 3 N–H and O–H groups in total. The number of carbonyl (C=O) groups excluding carboxylic acids is 1. The van der Waals surface area contributed by atoms with E-state index in [1.54, 1.807) is 11.5 Å². The molecule has 30 heavy (non-hydrogen) atoms. The van der Waals surface area contributed by atoms with Gasteiger partial charge in [0.05, 0.1) is 18.3 Å². The van der Waals surface area contributed by atoms with Crippen LogP contribution in [0.5, 0.6) is 0 Å². The molecule has 2 aromatic heterocycles. The number of pyridine rings is 1. The first-order valence-corrected chi connectivity index (χ1v) is 9.72. The maximum atomic E-state index is 14.2. The number of carbonyl (C=O) groups is 1. The van der Waals surface area contributed by atoms with Crippen LogP contribution in [0.3, 0.4) is 0 Å². The molecule has 0 atom stereocenters. The van der Waals surface area contributed by atoms with Crippen molar-refractivity contribution in [2.45, 2.75) is 32.0 Å². The fourth-order valence-electron chi connectivity index (χ4n) is 3.70. The van der Waals surface area contributed by atoms with Crippen molar-refractivity contribution >= 4 is 16.8 Å². The number of halogens is 2. The number of rotatable bonds is 6. The van der Waals surface area contributed by atoms with Gasteiger partial charge in [-0.1, -0.05) is 6.07 Å². The highest BCUT2D eigenvalue weighted by atomic mass is 19.1. The van der Waals surface area contributed by atoms with E-state index in [1.165, 1.54) is 18.3 Å². The Bertz CT molecular complexity index is 1060. The second-order valence-electron chi connectivity index (χ2n) is 7.31. The Morgan fingerprint density at radius 1 is 1.23 bits per heavy atom. The Morgan fingerprint density at radius 2 is 2.03 bits per heavy atom. The number of nitrogens with one attached hydrogen (secondary N) is 2. The zero-order valence-corrected chi connectivity index (χ0v) is 16.2. The lowest BCUT2D eigenvalue weighted by Crippen LogP contribution is -2.34. The van der Waals surface area contributed by atoms with Crippen LogP contribution in [-0.4, -0.2) is 39.9 Å². The molecule has 7 nitrogen and oxygen atoms in total. The van der Waals surface area contributed by atoms with Gasteiger partial charge in [-0.2, -0.15) is 0 Å². The Morgan fingerprint density at radius 3 is 2.77 bits per heavy atom. The molecule has 1 aliphatic heterocycles. The fourth-order valence-corrected chi connectivity index (χ4v) is 3.70. The summed E-state index contributed by atoms with van der Waals surface area (Å²) < 4.78 is 34.6. The third kappa shape index (κ3) is 4.33. The van der Waals surface area contributed by atoms with E-state index in [0.29, 0.717) is 36.9 Å². The van der Waals surface area contributed by atoms with E-state index in [0.717, 1.165) is 29.9 Å². The molecule has 1 aliphatic rings. The number of hydrogen-bond donors (Lipinski definition) is 3. The second-order valence-corrected chi connectivity index (χ2v) is 7.31. The number of benzene rings is 1. The molecule has 0 saturated carbocycles. The predicted octanol–water partition coefficient (Wildman–Crippen LogP) is 2.75. The minimum atomic E-state index is -0.711. The standard InChI is InChI=1S/C21H22F2N4O3/c22-15-2-1-13(18(23)7-15)11-27-12-14(9-24-16-3-5-30-6-4-16)17-8-19(21(28)26-29)25-10-20(17)27/h1-2,7-8,10,12,16,24,29H,3-6,9,11H2,(H,26,28). The zero-order chi connectivity index (χ0) is 21.1. The van der Waals surface area contributed by atoms with Crippen molar-refractivity contribution in [2.24, 2.45) is 0 Å². The summed E-state index contributed by atoms with van der Waals surface area (Å²) in [6.07, 6.45) is 5.22. The third-order valence-electron chi connectivity index (χ3n) is 5.34. The van der Waals surface area contributed by atoms with Crippen molar-refractivity contribution in [3.05, 3.63) is 65.1 Å². The Hall–Kier alpha value is -2.88. The number of fused-ring (bicyclic) bond motifs is 1. The van der Waals surface area contributed by atoms with Gasteiger partial charge in [-0.25, -0.2) is 19.2 Å². The van der Waals surface area contributed by atoms with E-state index in [9.17, 15) is 13.6 Å². The first-order chi connectivity index (χ1) is 14.5. The van der Waals surface area contributed by atoms with Crippen LogP contribution in [0, 0.1) is 11.6 Å². The van der Waals surface area contributed by atoms with Gasteiger partial charge in [0.2, 0.25) is 0 Å². The van der Waals surface area contributed by atoms with Gasteiger partial charge in [-0.15, -0.1) is 0 Å². The van der Waals surface area contributed by atoms with Gasteiger partial charge in [-0.3, -0.25) is 10.0 Å². The van der Waals surface area contributed by atoms with Crippen molar-refractivity contribution in [2.75, 3.05) is 13.2 Å². The van der Waals surface area contributed by atoms with Crippen LogP contribution < -0.4 is 10.8 Å². The molecule has 0 spiro atoms. The lowest BCUT2D eigenvalue weighted by Gasteiger charge is -2.23. The molecular weight excluding hydrogens is 394 g/mol. The molecule has 9 heteroatoms. The minimum absolute atomic E-state index is 0.0722. The van der Waals surface area contributed by atoms with Crippen molar-refractivity contribution < 1.29 is 23.5 Å². The lowest BCUT2D eigenvalue weighted by atomic mass is 10.1.